The molecule has 4 rings (SSSR count). The number of ether oxygens (including phenoxy) is 2. The minimum atomic E-state index is -0.355. The maximum atomic E-state index is 12.3. The molecule has 0 unspecified atom stereocenters. The molecule has 2 amide bonds. The number of fused-ring (bicyclic) bond motifs is 1. The summed E-state index contributed by atoms with van der Waals surface area (Å²) in [6.45, 7) is 0. The van der Waals surface area contributed by atoms with Crippen molar-refractivity contribution in [3.63, 3.8) is 0 Å². The molecule has 8 heteroatoms. The Kier molecular flexibility index (Phi) is 5.13. The lowest BCUT2D eigenvalue weighted by Crippen LogP contribution is -2.19. The molecule has 0 bridgehead atoms. The molecule has 4 aromatic rings. The molecule has 30 heavy (non-hydrogen) atoms. The largest absolute Gasteiger partial charge is 0.497 e. The quantitative estimate of drug-likeness (QED) is 0.443. The van der Waals surface area contributed by atoms with E-state index < -0.39 is 0 Å². The van der Waals surface area contributed by atoms with Gasteiger partial charge in [-0.1, -0.05) is 23.4 Å². The highest BCUT2D eigenvalue weighted by Crippen LogP contribution is 2.37. The predicted molar refractivity (Wildman–Crippen MR) is 116 cm³/mol. The molecular formula is C22H20N4O4. The summed E-state index contributed by atoms with van der Waals surface area (Å²) in [6, 6.07) is 17.9. The average Bonchev–Trinajstić information content (AvgIpc) is 3.16. The van der Waals surface area contributed by atoms with Gasteiger partial charge in [-0.05, 0) is 47.5 Å². The summed E-state index contributed by atoms with van der Waals surface area (Å²) in [7, 11) is 3.14. The Hall–Kier alpha value is -4.20. The van der Waals surface area contributed by atoms with E-state index in [4.69, 9.17) is 19.7 Å². The van der Waals surface area contributed by atoms with Gasteiger partial charge in [-0.2, -0.15) is 0 Å². The van der Waals surface area contributed by atoms with E-state index in [2.05, 4.69) is 15.8 Å². The molecule has 0 atom stereocenters. The van der Waals surface area contributed by atoms with Crippen LogP contribution in [-0.2, 0) is 0 Å². The SMILES string of the molecule is COc1cccc(NC(=O)Nc2ccc(-c3ccc(OC)c4noc(N)c34)cc2)c1. The summed E-state index contributed by atoms with van der Waals surface area (Å²) in [4.78, 5) is 12.3. The van der Waals surface area contributed by atoms with Crippen molar-refractivity contribution in [3.8, 4) is 22.6 Å². The van der Waals surface area contributed by atoms with E-state index in [9.17, 15) is 4.79 Å². The Morgan fingerprint density at radius 2 is 1.73 bits per heavy atom. The summed E-state index contributed by atoms with van der Waals surface area (Å²) in [5, 5.41) is 10.2. The van der Waals surface area contributed by atoms with Gasteiger partial charge in [0.2, 0.25) is 5.88 Å². The number of nitrogens with two attached hydrogens (primary N) is 1. The van der Waals surface area contributed by atoms with Crippen LogP contribution in [0.2, 0.25) is 0 Å². The maximum Gasteiger partial charge on any atom is 0.323 e. The van der Waals surface area contributed by atoms with Crippen molar-refractivity contribution in [2.75, 3.05) is 30.6 Å². The molecule has 0 saturated heterocycles. The number of nitrogens with one attached hydrogen (secondary N) is 2. The summed E-state index contributed by atoms with van der Waals surface area (Å²) < 4.78 is 15.6. The number of carbonyl (C=O) groups excluding carboxylic acids is 1. The fourth-order valence-corrected chi connectivity index (χ4v) is 3.19. The highest BCUT2D eigenvalue weighted by atomic mass is 16.5. The number of aromatic nitrogens is 1. The number of nitrogens with zero attached hydrogens (tertiary/aromatic N) is 1. The zero-order chi connectivity index (χ0) is 21.1. The van der Waals surface area contributed by atoms with Crippen molar-refractivity contribution in [1.29, 1.82) is 0 Å². The fourth-order valence-electron chi connectivity index (χ4n) is 3.19. The molecule has 3 aromatic carbocycles. The van der Waals surface area contributed by atoms with Crippen LogP contribution < -0.4 is 25.8 Å². The van der Waals surface area contributed by atoms with Crippen LogP contribution in [0, 0.1) is 0 Å². The van der Waals surface area contributed by atoms with Gasteiger partial charge in [-0.3, -0.25) is 0 Å². The Morgan fingerprint density at radius 3 is 2.47 bits per heavy atom. The van der Waals surface area contributed by atoms with Crippen LogP contribution in [0.1, 0.15) is 0 Å². The van der Waals surface area contributed by atoms with Crippen molar-refractivity contribution in [1.82, 2.24) is 5.16 Å². The van der Waals surface area contributed by atoms with Crippen molar-refractivity contribution in [2.24, 2.45) is 0 Å². The second-order valence-corrected chi connectivity index (χ2v) is 6.47. The van der Waals surface area contributed by atoms with Gasteiger partial charge in [0.1, 0.15) is 11.5 Å². The number of urea groups is 1. The molecule has 0 spiro atoms. The van der Waals surface area contributed by atoms with E-state index in [-0.39, 0.29) is 11.9 Å². The standard InChI is InChI=1S/C22H20N4O4/c1-28-16-5-3-4-15(12-16)25-22(27)24-14-8-6-13(7-9-14)17-10-11-18(29-2)20-19(17)21(23)30-26-20/h3-12H,23H2,1-2H3,(H2,24,25,27). The van der Waals surface area contributed by atoms with Gasteiger partial charge in [0.25, 0.3) is 0 Å². The molecule has 4 N–H and O–H groups in total. The van der Waals surface area contributed by atoms with Gasteiger partial charge in [-0.15, -0.1) is 0 Å². The fraction of sp³-hybridized carbons (Fsp3) is 0.0909. The number of amides is 2. The zero-order valence-corrected chi connectivity index (χ0v) is 16.4. The Balaban J connectivity index is 1.53. The van der Waals surface area contributed by atoms with Gasteiger partial charge < -0.3 is 30.4 Å². The second-order valence-electron chi connectivity index (χ2n) is 6.47. The molecule has 8 nitrogen and oxygen atoms in total. The minimum absolute atomic E-state index is 0.221. The second kappa shape index (κ2) is 8.04. The topological polar surface area (TPSA) is 112 Å². The highest BCUT2D eigenvalue weighted by Gasteiger charge is 2.16. The van der Waals surface area contributed by atoms with E-state index in [1.165, 1.54) is 0 Å². The number of hydrogen-bond donors (Lipinski definition) is 3. The van der Waals surface area contributed by atoms with E-state index in [1.54, 1.807) is 50.6 Å². The molecule has 0 aliphatic rings. The zero-order valence-electron chi connectivity index (χ0n) is 16.4. The van der Waals surface area contributed by atoms with Gasteiger partial charge in [0.05, 0.1) is 19.6 Å². The molecule has 0 saturated carbocycles. The lowest BCUT2D eigenvalue weighted by atomic mass is 10.0. The first-order valence-corrected chi connectivity index (χ1v) is 9.13. The van der Waals surface area contributed by atoms with Crippen LogP contribution in [0.25, 0.3) is 22.0 Å². The molecule has 1 heterocycles. The monoisotopic (exact) mass is 404 g/mol. The third-order valence-corrected chi connectivity index (χ3v) is 4.62. The van der Waals surface area contributed by atoms with E-state index in [0.717, 1.165) is 11.1 Å². The lowest BCUT2D eigenvalue weighted by Gasteiger charge is -2.10. The first kappa shape index (κ1) is 19.1. The van der Waals surface area contributed by atoms with Crippen LogP contribution in [0.4, 0.5) is 22.1 Å². The Bertz CT molecular complexity index is 1200. The highest BCUT2D eigenvalue weighted by molar-refractivity contribution is 6.04. The van der Waals surface area contributed by atoms with E-state index in [1.807, 2.05) is 24.3 Å². The average molecular weight is 404 g/mol. The number of benzene rings is 3. The number of rotatable bonds is 5. The normalized spacial score (nSPS) is 10.6. The Labute approximate surface area is 172 Å². The van der Waals surface area contributed by atoms with E-state index in [0.29, 0.717) is 33.8 Å². The van der Waals surface area contributed by atoms with E-state index >= 15 is 0 Å². The first-order chi connectivity index (χ1) is 14.6. The number of hydrogen-bond acceptors (Lipinski definition) is 6. The summed E-state index contributed by atoms with van der Waals surface area (Å²) >= 11 is 0. The van der Waals surface area contributed by atoms with Crippen LogP contribution in [-0.4, -0.2) is 25.4 Å². The van der Waals surface area contributed by atoms with Gasteiger partial charge in [-0.25, -0.2) is 4.79 Å². The van der Waals surface area contributed by atoms with Crippen molar-refractivity contribution < 1.29 is 18.8 Å². The van der Waals surface area contributed by atoms with Crippen molar-refractivity contribution in [3.05, 3.63) is 60.7 Å². The first-order valence-electron chi connectivity index (χ1n) is 9.13. The van der Waals surface area contributed by atoms with Crippen molar-refractivity contribution >= 4 is 34.2 Å². The molecule has 0 aliphatic carbocycles. The number of carbonyl (C=O) groups is 1. The minimum Gasteiger partial charge on any atom is -0.497 e. The van der Waals surface area contributed by atoms with Crippen molar-refractivity contribution in [2.45, 2.75) is 0 Å². The van der Waals surface area contributed by atoms with Crippen LogP contribution in [0.3, 0.4) is 0 Å². The van der Waals surface area contributed by atoms with Crippen LogP contribution >= 0.6 is 0 Å². The predicted octanol–water partition coefficient (Wildman–Crippen LogP) is 4.74. The van der Waals surface area contributed by atoms with Gasteiger partial charge in [0.15, 0.2) is 5.52 Å². The Morgan fingerprint density at radius 1 is 0.967 bits per heavy atom. The number of nitrogen functional groups attached to an aromatic ring is 1. The molecule has 0 aliphatic heterocycles. The third-order valence-electron chi connectivity index (χ3n) is 4.62. The maximum absolute atomic E-state index is 12.3. The lowest BCUT2D eigenvalue weighted by molar-refractivity contribution is 0.262. The van der Waals surface area contributed by atoms with Crippen LogP contribution in [0.15, 0.2) is 65.2 Å². The van der Waals surface area contributed by atoms with Gasteiger partial charge >= 0.3 is 6.03 Å². The summed E-state index contributed by atoms with van der Waals surface area (Å²) in [5.41, 5.74) is 9.56. The molecule has 0 fully saturated rings. The van der Waals surface area contributed by atoms with Crippen LogP contribution in [0.5, 0.6) is 11.5 Å². The molecule has 1 aromatic heterocycles. The molecule has 0 radical (unpaired) electrons. The smallest absolute Gasteiger partial charge is 0.323 e. The van der Waals surface area contributed by atoms with Gasteiger partial charge in [0, 0.05) is 17.4 Å². The number of anilines is 3. The number of methoxy groups -OCH3 is 2. The molecule has 152 valence electrons. The molecular weight excluding hydrogens is 384 g/mol. The third kappa shape index (κ3) is 3.70. The summed E-state index contributed by atoms with van der Waals surface area (Å²) in [6.07, 6.45) is 0. The summed E-state index contributed by atoms with van der Waals surface area (Å²) in [5.74, 6) is 1.47.